The molecule has 0 aliphatic carbocycles. The highest BCUT2D eigenvalue weighted by atomic mass is 19.1. The molecule has 0 aromatic heterocycles. The highest BCUT2D eigenvalue weighted by molar-refractivity contribution is 5.94. The van der Waals surface area contributed by atoms with E-state index in [0.717, 1.165) is 12.1 Å². The van der Waals surface area contributed by atoms with Crippen molar-refractivity contribution >= 4 is 17.5 Å². The van der Waals surface area contributed by atoms with Crippen molar-refractivity contribution in [2.45, 2.75) is 18.9 Å². The Balaban J connectivity index is 2.05. The normalized spacial score (nSPS) is 18.5. The first-order valence-electron chi connectivity index (χ1n) is 6.37. The molecule has 1 saturated heterocycles. The summed E-state index contributed by atoms with van der Waals surface area (Å²) in [6.07, 6.45) is 0.862. The van der Waals surface area contributed by atoms with Crippen LogP contribution < -0.4 is 5.32 Å². The number of carbonyl (C=O) groups excluding carboxylic acids is 2. The van der Waals surface area contributed by atoms with E-state index in [1.807, 2.05) is 0 Å². The maximum atomic E-state index is 13.5. The van der Waals surface area contributed by atoms with Gasteiger partial charge in [0.1, 0.15) is 0 Å². The Hall–Kier alpha value is -2.51. The molecule has 1 N–H and O–H groups in total. The van der Waals surface area contributed by atoms with Gasteiger partial charge in [-0.05, 0) is 18.6 Å². The number of nitro groups is 1. The summed E-state index contributed by atoms with van der Waals surface area (Å²) in [6.45, 7) is 0.389. The number of piperidine rings is 1. The highest BCUT2D eigenvalue weighted by Crippen LogP contribution is 2.18. The van der Waals surface area contributed by atoms with Gasteiger partial charge in [0.2, 0.25) is 11.7 Å². The van der Waals surface area contributed by atoms with E-state index in [-0.39, 0.29) is 17.5 Å². The minimum Gasteiger partial charge on any atom is -0.348 e. The van der Waals surface area contributed by atoms with E-state index >= 15 is 0 Å². The molecule has 8 heteroatoms. The minimum atomic E-state index is -1.05. The summed E-state index contributed by atoms with van der Waals surface area (Å²) >= 11 is 0. The Morgan fingerprint density at radius 3 is 2.81 bits per heavy atom. The fourth-order valence-electron chi connectivity index (χ4n) is 2.19. The number of nitrogens with one attached hydrogen (secondary N) is 1. The quantitative estimate of drug-likeness (QED) is 0.667. The van der Waals surface area contributed by atoms with Gasteiger partial charge >= 0.3 is 5.69 Å². The number of rotatable bonds is 3. The molecule has 1 fully saturated rings. The maximum absolute atomic E-state index is 13.5. The number of nitrogens with zero attached hydrogens (tertiary/aromatic N) is 2. The van der Waals surface area contributed by atoms with Crippen LogP contribution >= 0.6 is 0 Å². The number of likely N-dealkylation sites (N-methyl/N-ethyl adjacent to an activating group) is 1. The van der Waals surface area contributed by atoms with E-state index < -0.39 is 22.3 Å². The van der Waals surface area contributed by atoms with Gasteiger partial charge in [-0.25, -0.2) is 0 Å². The zero-order chi connectivity index (χ0) is 15.6. The molecule has 0 saturated carbocycles. The van der Waals surface area contributed by atoms with Crippen LogP contribution in [0.15, 0.2) is 18.2 Å². The average molecular weight is 295 g/mol. The van der Waals surface area contributed by atoms with Crippen molar-refractivity contribution in [1.82, 2.24) is 10.2 Å². The van der Waals surface area contributed by atoms with E-state index in [1.54, 1.807) is 7.05 Å². The Kier molecular flexibility index (Phi) is 4.15. The van der Waals surface area contributed by atoms with Crippen LogP contribution in [-0.2, 0) is 4.79 Å². The van der Waals surface area contributed by atoms with E-state index in [2.05, 4.69) is 5.32 Å². The topological polar surface area (TPSA) is 92.6 Å². The lowest BCUT2D eigenvalue weighted by atomic mass is 10.0. The Morgan fingerprint density at radius 2 is 2.24 bits per heavy atom. The van der Waals surface area contributed by atoms with Crippen molar-refractivity contribution in [3.05, 3.63) is 39.7 Å². The summed E-state index contributed by atoms with van der Waals surface area (Å²) in [5, 5.41) is 13.2. The number of benzene rings is 1. The van der Waals surface area contributed by atoms with Crippen molar-refractivity contribution in [1.29, 1.82) is 0 Å². The zero-order valence-corrected chi connectivity index (χ0v) is 11.3. The molecule has 0 spiro atoms. The number of likely N-dealkylation sites (tertiary alicyclic amines) is 1. The molecule has 0 radical (unpaired) electrons. The molecule has 2 rings (SSSR count). The molecule has 7 nitrogen and oxygen atoms in total. The second-order valence-electron chi connectivity index (χ2n) is 4.91. The monoisotopic (exact) mass is 295 g/mol. The highest BCUT2D eigenvalue weighted by Gasteiger charge is 2.25. The lowest BCUT2D eigenvalue weighted by molar-refractivity contribution is -0.387. The maximum Gasteiger partial charge on any atom is 0.304 e. The van der Waals surface area contributed by atoms with Gasteiger partial charge in [0.25, 0.3) is 5.91 Å². The lowest BCUT2D eigenvalue weighted by Gasteiger charge is -2.30. The first kappa shape index (κ1) is 14.9. The number of halogens is 1. The number of hydrogen-bond acceptors (Lipinski definition) is 4. The van der Waals surface area contributed by atoms with Crippen LogP contribution in [0.25, 0.3) is 0 Å². The van der Waals surface area contributed by atoms with E-state index in [9.17, 15) is 24.1 Å². The zero-order valence-electron chi connectivity index (χ0n) is 11.3. The molecular formula is C13H14FN3O4. The molecule has 1 unspecified atom stereocenters. The predicted molar refractivity (Wildman–Crippen MR) is 71.2 cm³/mol. The van der Waals surface area contributed by atoms with Crippen molar-refractivity contribution in [2.75, 3.05) is 13.6 Å². The molecule has 1 heterocycles. The fraction of sp³-hybridized carbons (Fsp3) is 0.385. The second kappa shape index (κ2) is 5.86. The third-order valence-electron chi connectivity index (χ3n) is 3.37. The Morgan fingerprint density at radius 1 is 1.52 bits per heavy atom. The van der Waals surface area contributed by atoms with Gasteiger partial charge in [-0.3, -0.25) is 19.7 Å². The Labute approximate surface area is 119 Å². The number of amides is 2. The van der Waals surface area contributed by atoms with E-state index in [4.69, 9.17) is 0 Å². The van der Waals surface area contributed by atoms with Crippen LogP contribution in [0.2, 0.25) is 0 Å². The van der Waals surface area contributed by atoms with Crippen LogP contribution in [0.3, 0.4) is 0 Å². The molecule has 1 aliphatic heterocycles. The molecule has 1 aliphatic rings. The van der Waals surface area contributed by atoms with Crippen LogP contribution in [0.5, 0.6) is 0 Å². The van der Waals surface area contributed by atoms with Crippen molar-refractivity contribution < 1.29 is 18.9 Å². The van der Waals surface area contributed by atoms with Crippen molar-refractivity contribution in [2.24, 2.45) is 0 Å². The van der Waals surface area contributed by atoms with Gasteiger partial charge in [-0.1, -0.05) is 0 Å². The van der Waals surface area contributed by atoms with Gasteiger partial charge in [0, 0.05) is 37.7 Å². The van der Waals surface area contributed by atoms with E-state index in [1.165, 1.54) is 11.0 Å². The standard InChI is InChI=1S/C13H14FN3O4/c1-16-7-9(3-5-12(16)18)15-13(19)8-2-4-11(17(20)21)10(14)6-8/h2,4,6,9H,3,5,7H2,1H3,(H,15,19). The molecule has 21 heavy (non-hydrogen) atoms. The fourth-order valence-corrected chi connectivity index (χ4v) is 2.19. The van der Waals surface area contributed by atoms with Gasteiger partial charge in [0.05, 0.1) is 4.92 Å². The third kappa shape index (κ3) is 3.33. The second-order valence-corrected chi connectivity index (χ2v) is 4.91. The summed E-state index contributed by atoms with van der Waals surface area (Å²) in [5.41, 5.74) is -0.660. The van der Waals surface area contributed by atoms with Crippen molar-refractivity contribution in [3.8, 4) is 0 Å². The summed E-state index contributed by atoms with van der Waals surface area (Å²) in [7, 11) is 1.65. The smallest absolute Gasteiger partial charge is 0.304 e. The molecule has 0 bridgehead atoms. The van der Waals surface area contributed by atoms with Gasteiger partial charge in [0.15, 0.2) is 0 Å². The molecule has 1 aromatic carbocycles. The minimum absolute atomic E-state index is 0.0117. The number of hydrogen-bond donors (Lipinski definition) is 1. The van der Waals surface area contributed by atoms with Crippen LogP contribution in [0, 0.1) is 15.9 Å². The summed E-state index contributed by atoms with van der Waals surface area (Å²) in [5.74, 6) is -1.55. The van der Waals surface area contributed by atoms with Gasteiger partial charge < -0.3 is 10.2 Å². The molecular weight excluding hydrogens is 281 g/mol. The average Bonchev–Trinajstić information content (AvgIpc) is 2.42. The van der Waals surface area contributed by atoms with Gasteiger partial charge in [-0.2, -0.15) is 4.39 Å². The lowest BCUT2D eigenvalue weighted by Crippen LogP contribution is -2.48. The summed E-state index contributed by atoms with van der Waals surface area (Å²) in [4.78, 5) is 34.5. The largest absolute Gasteiger partial charge is 0.348 e. The SMILES string of the molecule is CN1CC(NC(=O)c2ccc([N+](=O)[O-])c(F)c2)CCC1=O. The Bertz CT molecular complexity index is 605. The third-order valence-corrected chi connectivity index (χ3v) is 3.37. The van der Waals surface area contributed by atoms with Gasteiger partial charge in [-0.15, -0.1) is 0 Å². The van der Waals surface area contributed by atoms with Crippen LogP contribution in [0.4, 0.5) is 10.1 Å². The summed E-state index contributed by atoms with van der Waals surface area (Å²) in [6, 6.07) is 2.79. The summed E-state index contributed by atoms with van der Waals surface area (Å²) < 4.78 is 13.5. The number of carbonyl (C=O) groups is 2. The van der Waals surface area contributed by atoms with Crippen LogP contribution in [0.1, 0.15) is 23.2 Å². The molecule has 1 aromatic rings. The first-order valence-corrected chi connectivity index (χ1v) is 6.37. The first-order chi connectivity index (χ1) is 9.88. The molecule has 112 valence electrons. The number of nitro benzene ring substituents is 1. The molecule has 2 amide bonds. The van der Waals surface area contributed by atoms with Crippen LogP contribution in [-0.4, -0.2) is 41.3 Å². The predicted octanol–water partition coefficient (Wildman–Crippen LogP) is 1.08. The molecule has 1 atom stereocenters. The van der Waals surface area contributed by atoms with E-state index in [0.29, 0.717) is 19.4 Å². The van der Waals surface area contributed by atoms with Crippen molar-refractivity contribution in [3.63, 3.8) is 0 Å².